The fraction of sp³-hybridized carbons (Fsp3) is 0.667. The van der Waals surface area contributed by atoms with Crippen LogP contribution in [0.1, 0.15) is 20.3 Å². The molecule has 0 aromatic heterocycles. The zero-order chi connectivity index (χ0) is 11.1. The summed E-state index contributed by atoms with van der Waals surface area (Å²) in [5.41, 5.74) is 0. The van der Waals surface area contributed by atoms with Crippen molar-refractivity contribution < 1.29 is 14.3 Å². The van der Waals surface area contributed by atoms with Gasteiger partial charge in [0.1, 0.15) is 6.04 Å². The Bertz CT molecular complexity index is 257. The molecule has 0 aliphatic rings. The number of nitrogens with one attached hydrogen (secondary N) is 1. The van der Waals surface area contributed by atoms with Gasteiger partial charge in [-0.05, 0) is 0 Å². The number of hydrogen-bond acceptors (Lipinski definition) is 4. The molecule has 1 N–H and O–H groups in total. The number of methoxy groups -OCH3 is 1. The maximum Gasteiger partial charge on any atom is 0.328 e. The Kier molecular flexibility index (Phi) is 5.30. The molecule has 0 heterocycles. The van der Waals surface area contributed by atoms with Crippen LogP contribution >= 0.6 is 0 Å². The second-order valence-corrected chi connectivity index (χ2v) is 3.04. The van der Waals surface area contributed by atoms with Gasteiger partial charge in [-0.2, -0.15) is 5.26 Å². The fourth-order valence-corrected chi connectivity index (χ4v) is 1.04. The van der Waals surface area contributed by atoms with Gasteiger partial charge in [0.25, 0.3) is 0 Å². The minimum Gasteiger partial charge on any atom is -0.467 e. The number of rotatable bonds is 4. The molecule has 0 spiro atoms. The molecule has 0 aromatic rings. The number of carbonyl (C=O) groups is 2. The van der Waals surface area contributed by atoms with Crippen molar-refractivity contribution in [1.29, 1.82) is 5.26 Å². The Hall–Kier alpha value is -1.57. The Labute approximate surface area is 83.0 Å². The Morgan fingerprint density at radius 3 is 2.50 bits per heavy atom. The van der Waals surface area contributed by atoms with E-state index in [1.807, 2.05) is 6.07 Å². The summed E-state index contributed by atoms with van der Waals surface area (Å²) in [5, 5.41) is 10.9. The number of carbonyl (C=O) groups excluding carboxylic acids is 2. The van der Waals surface area contributed by atoms with E-state index >= 15 is 0 Å². The summed E-state index contributed by atoms with van der Waals surface area (Å²) in [5.74, 6) is -1.09. The third-order valence-electron chi connectivity index (χ3n) is 1.80. The highest BCUT2D eigenvalue weighted by Crippen LogP contribution is 2.08. The molecular weight excluding hydrogens is 184 g/mol. The van der Waals surface area contributed by atoms with Gasteiger partial charge in [-0.3, -0.25) is 4.79 Å². The van der Waals surface area contributed by atoms with E-state index in [-0.39, 0.29) is 18.2 Å². The smallest absolute Gasteiger partial charge is 0.328 e. The van der Waals surface area contributed by atoms with E-state index in [1.165, 1.54) is 14.0 Å². The van der Waals surface area contributed by atoms with Crippen molar-refractivity contribution in [1.82, 2.24) is 5.32 Å². The summed E-state index contributed by atoms with van der Waals surface area (Å²) < 4.78 is 4.52. The van der Waals surface area contributed by atoms with E-state index in [0.717, 1.165) is 0 Å². The van der Waals surface area contributed by atoms with Crippen molar-refractivity contribution >= 4 is 11.9 Å². The van der Waals surface area contributed by atoms with Crippen LogP contribution in [0.15, 0.2) is 0 Å². The molecule has 5 heteroatoms. The molecule has 0 bridgehead atoms. The Morgan fingerprint density at radius 2 is 2.14 bits per heavy atom. The number of ether oxygens (including phenoxy) is 1. The Morgan fingerprint density at radius 1 is 1.57 bits per heavy atom. The first-order chi connectivity index (χ1) is 6.52. The molecule has 0 fully saturated rings. The zero-order valence-corrected chi connectivity index (χ0v) is 8.53. The topological polar surface area (TPSA) is 79.2 Å². The minimum absolute atomic E-state index is 0.194. The predicted molar refractivity (Wildman–Crippen MR) is 49.0 cm³/mol. The van der Waals surface area contributed by atoms with Crippen LogP contribution in [0, 0.1) is 17.2 Å². The maximum absolute atomic E-state index is 11.2. The monoisotopic (exact) mass is 198 g/mol. The second-order valence-electron chi connectivity index (χ2n) is 3.04. The molecule has 5 nitrogen and oxygen atoms in total. The summed E-state index contributed by atoms with van der Waals surface area (Å²) in [4.78, 5) is 22.0. The molecule has 0 saturated carbocycles. The molecule has 0 aromatic carbocycles. The third-order valence-corrected chi connectivity index (χ3v) is 1.80. The molecule has 0 rings (SSSR count). The summed E-state index contributed by atoms with van der Waals surface area (Å²) >= 11 is 0. The standard InChI is InChI=1S/C9H14N2O3/c1-6(4-5-10)8(9(13)14-3)11-7(2)12/h6,8H,4H2,1-3H3,(H,11,12)/t6-,8+/m0/s1. The molecule has 0 radical (unpaired) electrons. The minimum atomic E-state index is -0.739. The zero-order valence-electron chi connectivity index (χ0n) is 8.53. The number of esters is 1. The van der Waals surface area contributed by atoms with Gasteiger partial charge in [0, 0.05) is 19.3 Å². The normalized spacial score (nSPS) is 13.6. The predicted octanol–water partition coefficient (Wildman–Crippen LogP) is 0.214. The highest BCUT2D eigenvalue weighted by molar-refractivity contribution is 5.83. The number of hydrogen-bond donors (Lipinski definition) is 1. The lowest BCUT2D eigenvalue weighted by molar-refractivity contribution is -0.146. The average Bonchev–Trinajstić information content (AvgIpc) is 2.13. The summed E-state index contributed by atoms with van der Waals surface area (Å²) in [7, 11) is 1.25. The largest absolute Gasteiger partial charge is 0.467 e. The molecule has 0 aliphatic carbocycles. The van der Waals surface area contributed by atoms with Gasteiger partial charge in [-0.1, -0.05) is 6.92 Å². The highest BCUT2D eigenvalue weighted by Gasteiger charge is 2.26. The van der Waals surface area contributed by atoms with E-state index in [9.17, 15) is 9.59 Å². The van der Waals surface area contributed by atoms with Crippen LogP contribution in [0.3, 0.4) is 0 Å². The van der Waals surface area contributed by atoms with Crippen molar-refractivity contribution in [3.05, 3.63) is 0 Å². The van der Waals surface area contributed by atoms with Crippen LogP contribution in [-0.2, 0) is 14.3 Å². The molecule has 14 heavy (non-hydrogen) atoms. The first-order valence-corrected chi connectivity index (χ1v) is 4.24. The first kappa shape index (κ1) is 12.4. The van der Waals surface area contributed by atoms with Crippen LogP contribution < -0.4 is 5.32 Å². The van der Waals surface area contributed by atoms with E-state index < -0.39 is 12.0 Å². The summed E-state index contributed by atoms with van der Waals surface area (Å²) in [6.07, 6.45) is 0.194. The quantitative estimate of drug-likeness (QED) is 0.655. The highest BCUT2D eigenvalue weighted by atomic mass is 16.5. The lowest BCUT2D eigenvalue weighted by Gasteiger charge is -2.19. The van der Waals surface area contributed by atoms with Crippen LogP contribution in [0.5, 0.6) is 0 Å². The number of amides is 1. The van der Waals surface area contributed by atoms with Gasteiger partial charge in [0.15, 0.2) is 0 Å². The number of nitriles is 1. The van der Waals surface area contributed by atoms with Crippen molar-refractivity contribution in [2.24, 2.45) is 5.92 Å². The van der Waals surface area contributed by atoms with E-state index in [4.69, 9.17) is 5.26 Å². The fourth-order valence-electron chi connectivity index (χ4n) is 1.04. The molecule has 0 aliphatic heterocycles. The second kappa shape index (κ2) is 5.97. The lowest BCUT2D eigenvalue weighted by Crippen LogP contribution is -2.44. The van der Waals surface area contributed by atoms with Crippen LogP contribution in [0.2, 0.25) is 0 Å². The van der Waals surface area contributed by atoms with Gasteiger partial charge in [-0.25, -0.2) is 4.79 Å². The third kappa shape index (κ3) is 3.90. The van der Waals surface area contributed by atoms with Gasteiger partial charge in [-0.15, -0.1) is 0 Å². The van der Waals surface area contributed by atoms with Crippen LogP contribution in [-0.4, -0.2) is 25.0 Å². The van der Waals surface area contributed by atoms with Crippen molar-refractivity contribution in [2.45, 2.75) is 26.3 Å². The Balaban J connectivity index is 4.46. The molecule has 0 saturated heterocycles. The maximum atomic E-state index is 11.2. The van der Waals surface area contributed by atoms with E-state index in [2.05, 4.69) is 10.1 Å². The first-order valence-electron chi connectivity index (χ1n) is 4.24. The summed E-state index contributed by atoms with van der Waals surface area (Å²) in [6, 6.07) is 1.20. The van der Waals surface area contributed by atoms with Crippen LogP contribution in [0.4, 0.5) is 0 Å². The van der Waals surface area contributed by atoms with Gasteiger partial charge in [0.2, 0.25) is 5.91 Å². The van der Waals surface area contributed by atoms with Gasteiger partial charge >= 0.3 is 5.97 Å². The number of nitrogens with zero attached hydrogens (tertiary/aromatic N) is 1. The van der Waals surface area contributed by atoms with Crippen molar-refractivity contribution in [2.75, 3.05) is 7.11 Å². The lowest BCUT2D eigenvalue weighted by atomic mass is 9.99. The van der Waals surface area contributed by atoms with Gasteiger partial charge < -0.3 is 10.1 Å². The van der Waals surface area contributed by atoms with Crippen LogP contribution in [0.25, 0.3) is 0 Å². The molecular formula is C9H14N2O3. The van der Waals surface area contributed by atoms with E-state index in [1.54, 1.807) is 6.92 Å². The average molecular weight is 198 g/mol. The summed E-state index contributed by atoms with van der Waals surface area (Å²) in [6.45, 7) is 3.02. The molecule has 1 amide bonds. The van der Waals surface area contributed by atoms with Crippen molar-refractivity contribution in [3.63, 3.8) is 0 Å². The molecule has 2 atom stereocenters. The van der Waals surface area contributed by atoms with Gasteiger partial charge in [0.05, 0.1) is 13.2 Å². The SMILES string of the molecule is COC(=O)[C@H](NC(C)=O)[C@@H](C)CC#N. The van der Waals surface area contributed by atoms with E-state index in [0.29, 0.717) is 0 Å². The van der Waals surface area contributed by atoms with Crippen molar-refractivity contribution in [3.8, 4) is 6.07 Å². The molecule has 0 unspecified atom stereocenters. The molecule has 78 valence electrons.